The molecule has 8 nitrogen and oxygen atoms in total. The van der Waals surface area contributed by atoms with Gasteiger partial charge in [0.25, 0.3) is 0 Å². The van der Waals surface area contributed by atoms with Crippen molar-refractivity contribution in [2.24, 2.45) is 0 Å². The molecule has 3 aromatic rings. The van der Waals surface area contributed by atoms with Crippen LogP contribution in [0.1, 0.15) is 49.3 Å². The fraction of sp³-hybridized carbons (Fsp3) is 0.308. The van der Waals surface area contributed by atoms with E-state index in [0.29, 0.717) is 18.5 Å². The second kappa shape index (κ2) is 9.79. The molecule has 0 spiro atoms. The number of carbonyl (C=O) groups is 1. The summed E-state index contributed by atoms with van der Waals surface area (Å²) in [6.07, 6.45) is 1.97. The molecule has 2 N–H and O–H groups in total. The maximum atomic E-state index is 10.7. The van der Waals surface area contributed by atoms with Gasteiger partial charge in [-0.05, 0) is 41.5 Å². The maximum Gasteiger partial charge on any atom is 0.404 e. The van der Waals surface area contributed by atoms with Gasteiger partial charge >= 0.3 is 6.09 Å². The molecule has 0 aliphatic heterocycles. The molecule has 4 rings (SSSR count). The Kier molecular flexibility index (Phi) is 6.64. The Hall–Kier alpha value is -4.12. The minimum Gasteiger partial charge on any atom is -0.490 e. The van der Waals surface area contributed by atoms with E-state index in [1.807, 2.05) is 42.5 Å². The summed E-state index contributed by atoms with van der Waals surface area (Å²) < 4.78 is 11.8. The standard InChI is InChI=1S/C26H26N4O4/c1-26(2,18-5-9-22(10-6-18)34-23-13-20(14-23)30-25(31)32)17-3-7-21(8-4-17)33-16-19-11-12-28-24(15-27)29-19/h3-12,20,23,30H,13-14,16H2,1-2H3,(H,31,32). The number of aromatic nitrogens is 2. The van der Waals surface area contributed by atoms with Crippen molar-refractivity contribution in [3.8, 4) is 17.6 Å². The predicted molar refractivity (Wildman–Crippen MR) is 125 cm³/mol. The van der Waals surface area contributed by atoms with Gasteiger partial charge in [-0.3, -0.25) is 0 Å². The molecule has 0 atom stereocenters. The number of benzene rings is 2. The lowest BCUT2D eigenvalue weighted by atomic mass is 9.78. The Morgan fingerprint density at radius 3 is 2.29 bits per heavy atom. The zero-order valence-electron chi connectivity index (χ0n) is 19.1. The van der Waals surface area contributed by atoms with Crippen LogP contribution in [-0.2, 0) is 12.0 Å². The maximum absolute atomic E-state index is 10.7. The van der Waals surface area contributed by atoms with Crippen LogP contribution in [0.2, 0.25) is 0 Å². The van der Waals surface area contributed by atoms with Crippen molar-refractivity contribution >= 4 is 6.09 Å². The summed E-state index contributed by atoms with van der Waals surface area (Å²) in [4.78, 5) is 18.7. The molecule has 1 aliphatic carbocycles. The molecule has 0 unspecified atom stereocenters. The first kappa shape index (κ1) is 23.1. The molecular weight excluding hydrogens is 432 g/mol. The fourth-order valence-electron chi connectivity index (χ4n) is 3.92. The molecular formula is C26H26N4O4. The van der Waals surface area contributed by atoms with Crippen LogP contribution >= 0.6 is 0 Å². The molecule has 1 aliphatic rings. The number of nitrogens with zero attached hydrogens (tertiary/aromatic N) is 3. The number of nitrogens with one attached hydrogen (secondary N) is 1. The van der Waals surface area contributed by atoms with Gasteiger partial charge in [0.2, 0.25) is 5.82 Å². The van der Waals surface area contributed by atoms with Crippen LogP contribution in [0.15, 0.2) is 60.8 Å². The third kappa shape index (κ3) is 5.44. The molecule has 2 aromatic carbocycles. The summed E-state index contributed by atoms with van der Waals surface area (Å²) in [5.41, 5.74) is 2.72. The van der Waals surface area contributed by atoms with Crippen molar-refractivity contribution < 1.29 is 19.4 Å². The van der Waals surface area contributed by atoms with Crippen molar-refractivity contribution in [1.29, 1.82) is 5.26 Å². The molecule has 1 fully saturated rings. The second-order valence-corrected chi connectivity index (χ2v) is 8.80. The van der Waals surface area contributed by atoms with Crippen molar-refractivity contribution in [3.63, 3.8) is 0 Å². The monoisotopic (exact) mass is 458 g/mol. The Bertz CT molecular complexity index is 1180. The van der Waals surface area contributed by atoms with E-state index < -0.39 is 6.09 Å². The van der Waals surface area contributed by atoms with E-state index in [-0.39, 0.29) is 30.0 Å². The first-order valence-electron chi connectivity index (χ1n) is 11.1. The van der Waals surface area contributed by atoms with Crippen molar-refractivity contribution in [3.05, 3.63) is 83.4 Å². The van der Waals surface area contributed by atoms with E-state index in [0.717, 1.165) is 22.6 Å². The highest BCUT2D eigenvalue weighted by Crippen LogP contribution is 2.34. The van der Waals surface area contributed by atoms with Gasteiger partial charge in [-0.25, -0.2) is 14.8 Å². The molecule has 0 radical (unpaired) electrons. The number of carboxylic acid groups (broad SMARTS) is 1. The summed E-state index contributed by atoms with van der Waals surface area (Å²) in [7, 11) is 0. The average Bonchev–Trinajstić information content (AvgIpc) is 2.82. The van der Waals surface area contributed by atoms with Crippen LogP contribution in [-0.4, -0.2) is 33.3 Å². The molecule has 174 valence electrons. The smallest absolute Gasteiger partial charge is 0.404 e. The van der Waals surface area contributed by atoms with Crippen LogP contribution in [0.3, 0.4) is 0 Å². The lowest BCUT2D eigenvalue weighted by Gasteiger charge is -2.35. The molecule has 0 saturated heterocycles. The first-order chi connectivity index (χ1) is 16.3. The Morgan fingerprint density at radius 2 is 1.71 bits per heavy atom. The van der Waals surface area contributed by atoms with Crippen molar-refractivity contribution in [2.45, 2.75) is 50.9 Å². The van der Waals surface area contributed by atoms with Gasteiger partial charge in [0.1, 0.15) is 30.3 Å². The Morgan fingerprint density at radius 1 is 1.09 bits per heavy atom. The predicted octanol–water partition coefficient (Wildman–Crippen LogP) is 4.43. The number of ether oxygens (including phenoxy) is 2. The summed E-state index contributed by atoms with van der Waals surface area (Å²) in [5.74, 6) is 1.63. The molecule has 8 heteroatoms. The largest absolute Gasteiger partial charge is 0.490 e. The third-order valence-electron chi connectivity index (χ3n) is 6.08. The molecule has 34 heavy (non-hydrogen) atoms. The van der Waals surface area contributed by atoms with Crippen molar-refractivity contribution in [1.82, 2.24) is 15.3 Å². The van der Waals surface area contributed by atoms with Crippen LogP contribution in [0, 0.1) is 11.3 Å². The molecule has 1 saturated carbocycles. The summed E-state index contributed by atoms with van der Waals surface area (Å²) in [5, 5.41) is 20.1. The van der Waals surface area contributed by atoms with Gasteiger partial charge in [-0.1, -0.05) is 38.1 Å². The fourth-order valence-corrected chi connectivity index (χ4v) is 3.92. The lowest BCUT2D eigenvalue weighted by molar-refractivity contribution is 0.0833. The highest BCUT2D eigenvalue weighted by Gasteiger charge is 2.32. The Labute approximate surface area is 198 Å². The quantitative estimate of drug-likeness (QED) is 0.513. The van der Waals surface area contributed by atoms with Gasteiger partial charge in [0, 0.05) is 30.5 Å². The average molecular weight is 459 g/mol. The van der Waals surface area contributed by atoms with E-state index in [1.54, 1.807) is 12.3 Å². The zero-order chi connectivity index (χ0) is 24.1. The van der Waals surface area contributed by atoms with Gasteiger partial charge in [-0.15, -0.1) is 0 Å². The van der Waals surface area contributed by atoms with Crippen LogP contribution in [0.25, 0.3) is 0 Å². The minimum absolute atomic E-state index is 0.0244. The summed E-state index contributed by atoms with van der Waals surface area (Å²) >= 11 is 0. The SMILES string of the molecule is CC(C)(c1ccc(OCc2ccnc(C#N)n2)cc1)c1ccc(OC2CC(NC(=O)O)C2)cc1. The van der Waals surface area contributed by atoms with Crippen LogP contribution in [0.4, 0.5) is 4.79 Å². The summed E-state index contributed by atoms with van der Waals surface area (Å²) in [6.45, 7) is 4.59. The molecule has 1 aromatic heterocycles. The first-order valence-corrected chi connectivity index (χ1v) is 11.1. The topological polar surface area (TPSA) is 117 Å². The number of amides is 1. The van der Waals surface area contributed by atoms with Gasteiger partial charge in [-0.2, -0.15) is 5.26 Å². The van der Waals surface area contributed by atoms with E-state index in [9.17, 15) is 4.79 Å². The second-order valence-electron chi connectivity index (χ2n) is 8.80. The number of rotatable bonds is 8. The van der Waals surface area contributed by atoms with Crippen LogP contribution in [0.5, 0.6) is 11.5 Å². The van der Waals surface area contributed by atoms with E-state index in [4.69, 9.17) is 19.8 Å². The molecule has 1 amide bonds. The van der Waals surface area contributed by atoms with Crippen molar-refractivity contribution in [2.75, 3.05) is 0 Å². The van der Waals surface area contributed by atoms with Gasteiger partial charge in [0.05, 0.1) is 5.69 Å². The third-order valence-corrected chi connectivity index (χ3v) is 6.08. The number of hydrogen-bond acceptors (Lipinski definition) is 6. The summed E-state index contributed by atoms with van der Waals surface area (Å²) in [6, 6.07) is 19.6. The highest BCUT2D eigenvalue weighted by atomic mass is 16.5. The van der Waals surface area contributed by atoms with E-state index in [1.165, 1.54) is 0 Å². The van der Waals surface area contributed by atoms with E-state index >= 15 is 0 Å². The van der Waals surface area contributed by atoms with Gasteiger partial charge in [0.15, 0.2) is 0 Å². The Balaban J connectivity index is 1.34. The molecule has 1 heterocycles. The highest BCUT2D eigenvalue weighted by molar-refractivity contribution is 5.65. The van der Waals surface area contributed by atoms with Gasteiger partial charge < -0.3 is 19.9 Å². The normalized spacial score (nSPS) is 17.2. The number of hydrogen-bond donors (Lipinski definition) is 2. The zero-order valence-corrected chi connectivity index (χ0v) is 19.1. The lowest BCUT2D eigenvalue weighted by Crippen LogP contribution is -2.48. The van der Waals surface area contributed by atoms with E-state index in [2.05, 4.69) is 41.3 Å². The number of nitriles is 1. The van der Waals surface area contributed by atoms with Crippen LogP contribution < -0.4 is 14.8 Å². The minimum atomic E-state index is -0.991. The molecule has 0 bridgehead atoms.